The monoisotopic (exact) mass is 353 g/mol. The second-order valence-corrected chi connectivity index (χ2v) is 6.88. The molecule has 3 aromatic rings. The zero-order valence-corrected chi connectivity index (χ0v) is 15.2. The number of carbonyl (C=O) groups is 1. The summed E-state index contributed by atoms with van der Waals surface area (Å²) in [5.74, 6) is 0.564. The lowest BCUT2D eigenvalue weighted by Crippen LogP contribution is -2.14. The average Bonchev–Trinajstić information content (AvgIpc) is 3.01. The van der Waals surface area contributed by atoms with E-state index in [0.717, 1.165) is 27.9 Å². The molecule has 3 rings (SSSR count). The summed E-state index contributed by atoms with van der Waals surface area (Å²) in [6, 6.07) is 13.8. The largest absolute Gasteiger partial charge is 0.411 e. The number of nitrogens with zero attached hydrogens (tertiary/aromatic N) is 2. The summed E-state index contributed by atoms with van der Waals surface area (Å²) >= 11 is 1.22. The van der Waals surface area contributed by atoms with Crippen molar-refractivity contribution in [2.75, 3.05) is 11.1 Å². The molecule has 25 heavy (non-hydrogen) atoms. The van der Waals surface area contributed by atoms with Gasteiger partial charge in [0.2, 0.25) is 11.8 Å². The third-order valence-electron chi connectivity index (χ3n) is 3.50. The van der Waals surface area contributed by atoms with E-state index in [-0.39, 0.29) is 11.7 Å². The minimum absolute atomic E-state index is 0.106. The van der Waals surface area contributed by atoms with Crippen molar-refractivity contribution in [2.24, 2.45) is 0 Å². The lowest BCUT2D eigenvalue weighted by Gasteiger charge is -2.06. The second-order valence-electron chi connectivity index (χ2n) is 5.96. The van der Waals surface area contributed by atoms with Gasteiger partial charge in [0, 0.05) is 11.3 Å². The van der Waals surface area contributed by atoms with Crippen molar-refractivity contribution in [3.05, 3.63) is 59.2 Å². The van der Waals surface area contributed by atoms with E-state index in [1.54, 1.807) is 0 Å². The van der Waals surface area contributed by atoms with Gasteiger partial charge in [-0.15, -0.1) is 10.2 Å². The van der Waals surface area contributed by atoms with Gasteiger partial charge >= 0.3 is 0 Å². The summed E-state index contributed by atoms with van der Waals surface area (Å²) in [4.78, 5) is 12.1. The minimum atomic E-state index is -0.106. The molecule has 5 nitrogen and oxygen atoms in total. The van der Waals surface area contributed by atoms with Crippen LogP contribution in [0.5, 0.6) is 0 Å². The zero-order valence-electron chi connectivity index (χ0n) is 14.4. The van der Waals surface area contributed by atoms with Crippen molar-refractivity contribution in [3.8, 4) is 11.5 Å². The highest BCUT2D eigenvalue weighted by Crippen LogP contribution is 2.24. The van der Waals surface area contributed by atoms with Crippen LogP contribution in [0.1, 0.15) is 16.7 Å². The predicted molar refractivity (Wildman–Crippen MR) is 99.7 cm³/mol. The highest BCUT2D eigenvalue weighted by atomic mass is 32.2. The number of aryl methyl sites for hydroxylation is 3. The fourth-order valence-electron chi connectivity index (χ4n) is 2.53. The fraction of sp³-hybridized carbons (Fsp3) is 0.211. The molecular formula is C19H19N3O2S. The summed E-state index contributed by atoms with van der Waals surface area (Å²) < 4.78 is 5.62. The molecule has 1 aromatic heterocycles. The molecule has 0 aliphatic rings. The normalized spacial score (nSPS) is 10.7. The number of hydrogen-bond acceptors (Lipinski definition) is 5. The first kappa shape index (κ1) is 17.2. The molecule has 1 N–H and O–H groups in total. The number of rotatable bonds is 5. The van der Waals surface area contributed by atoms with E-state index < -0.39 is 0 Å². The molecule has 0 atom stereocenters. The third-order valence-corrected chi connectivity index (χ3v) is 4.32. The quantitative estimate of drug-likeness (QED) is 0.689. The molecule has 0 saturated carbocycles. The van der Waals surface area contributed by atoms with Crippen molar-refractivity contribution < 1.29 is 9.21 Å². The molecule has 6 heteroatoms. The lowest BCUT2D eigenvalue weighted by molar-refractivity contribution is -0.113. The Labute approximate surface area is 150 Å². The van der Waals surface area contributed by atoms with Gasteiger partial charge in [-0.25, -0.2) is 0 Å². The van der Waals surface area contributed by atoms with E-state index >= 15 is 0 Å². The number of hydrogen-bond donors (Lipinski definition) is 1. The fourth-order valence-corrected chi connectivity index (χ4v) is 3.10. The van der Waals surface area contributed by atoms with Gasteiger partial charge in [-0.1, -0.05) is 35.5 Å². The summed E-state index contributed by atoms with van der Waals surface area (Å²) in [5.41, 5.74) is 5.02. The van der Waals surface area contributed by atoms with Crippen LogP contribution in [0.25, 0.3) is 11.5 Å². The Morgan fingerprint density at radius 2 is 1.80 bits per heavy atom. The molecule has 1 amide bonds. The van der Waals surface area contributed by atoms with Crippen LogP contribution < -0.4 is 5.32 Å². The first-order valence-electron chi connectivity index (χ1n) is 7.91. The Kier molecular flexibility index (Phi) is 5.19. The van der Waals surface area contributed by atoms with E-state index in [1.165, 1.54) is 11.8 Å². The standard InChI is InChI=1S/C19H19N3O2S/c1-12-5-4-6-15(8-12)18-21-22-19(24-18)25-11-17(23)20-16-9-13(2)7-14(3)10-16/h4-10H,11H2,1-3H3,(H,20,23). The van der Waals surface area contributed by atoms with Gasteiger partial charge in [0.15, 0.2) is 0 Å². The molecule has 0 saturated heterocycles. The molecule has 0 aliphatic heterocycles. The molecule has 0 bridgehead atoms. The number of amides is 1. The molecule has 0 spiro atoms. The van der Waals surface area contributed by atoms with Gasteiger partial charge in [-0.05, 0) is 56.2 Å². The Morgan fingerprint density at radius 1 is 1.04 bits per heavy atom. The lowest BCUT2D eigenvalue weighted by atomic mass is 10.1. The second kappa shape index (κ2) is 7.53. The van der Waals surface area contributed by atoms with Crippen molar-refractivity contribution in [1.29, 1.82) is 0 Å². The van der Waals surface area contributed by atoms with E-state index in [9.17, 15) is 4.79 Å². The summed E-state index contributed by atoms with van der Waals surface area (Å²) in [6.45, 7) is 6.01. The predicted octanol–water partition coefficient (Wildman–Crippen LogP) is 4.39. The topological polar surface area (TPSA) is 68.0 Å². The van der Waals surface area contributed by atoms with Crippen molar-refractivity contribution in [3.63, 3.8) is 0 Å². The van der Waals surface area contributed by atoms with Gasteiger partial charge in [-0.2, -0.15) is 0 Å². The molecule has 2 aromatic carbocycles. The maximum atomic E-state index is 12.1. The maximum absolute atomic E-state index is 12.1. The zero-order chi connectivity index (χ0) is 17.8. The van der Waals surface area contributed by atoms with Gasteiger partial charge in [0.05, 0.1) is 5.75 Å². The molecule has 0 fully saturated rings. The Hall–Kier alpha value is -2.60. The van der Waals surface area contributed by atoms with E-state index in [4.69, 9.17) is 4.42 Å². The van der Waals surface area contributed by atoms with Gasteiger partial charge in [-0.3, -0.25) is 4.79 Å². The smallest absolute Gasteiger partial charge is 0.277 e. The van der Waals surface area contributed by atoms with Crippen LogP contribution in [0.4, 0.5) is 5.69 Å². The third kappa shape index (κ3) is 4.70. The Bertz CT molecular complexity index is 885. The van der Waals surface area contributed by atoms with E-state index in [1.807, 2.05) is 57.2 Å². The van der Waals surface area contributed by atoms with Crippen molar-refractivity contribution in [1.82, 2.24) is 10.2 Å². The highest BCUT2D eigenvalue weighted by molar-refractivity contribution is 7.99. The number of nitrogens with one attached hydrogen (secondary N) is 1. The summed E-state index contributed by atoms with van der Waals surface area (Å²) in [7, 11) is 0. The first-order chi connectivity index (χ1) is 12.0. The number of benzene rings is 2. The van der Waals surface area contributed by atoms with Gasteiger partial charge in [0.25, 0.3) is 5.22 Å². The molecule has 128 valence electrons. The van der Waals surface area contributed by atoms with Gasteiger partial charge in [0.1, 0.15) is 0 Å². The SMILES string of the molecule is Cc1cc(C)cc(NC(=O)CSc2nnc(-c3cccc(C)c3)o2)c1. The Morgan fingerprint density at radius 3 is 2.52 bits per heavy atom. The van der Waals surface area contributed by atoms with Gasteiger partial charge < -0.3 is 9.73 Å². The molecule has 0 radical (unpaired) electrons. The highest BCUT2D eigenvalue weighted by Gasteiger charge is 2.11. The average molecular weight is 353 g/mol. The number of carbonyl (C=O) groups excluding carboxylic acids is 1. The molecule has 0 aliphatic carbocycles. The van der Waals surface area contributed by atoms with Crippen molar-refractivity contribution in [2.45, 2.75) is 26.0 Å². The number of aromatic nitrogens is 2. The molecule has 0 unspecified atom stereocenters. The van der Waals surface area contributed by atoms with Crippen LogP contribution in [0, 0.1) is 20.8 Å². The summed E-state index contributed by atoms with van der Waals surface area (Å²) in [6.07, 6.45) is 0. The maximum Gasteiger partial charge on any atom is 0.277 e. The van der Waals surface area contributed by atoms with Crippen LogP contribution in [0.2, 0.25) is 0 Å². The van der Waals surface area contributed by atoms with Crippen LogP contribution in [-0.2, 0) is 4.79 Å². The molecular weight excluding hydrogens is 334 g/mol. The van der Waals surface area contributed by atoms with Crippen LogP contribution in [0.15, 0.2) is 52.1 Å². The molecule has 1 heterocycles. The summed E-state index contributed by atoms with van der Waals surface area (Å²) in [5, 5.41) is 11.3. The van der Waals surface area contributed by atoms with Crippen molar-refractivity contribution >= 4 is 23.4 Å². The van der Waals surface area contributed by atoms with Crippen LogP contribution in [-0.4, -0.2) is 21.9 Å². The first-order valence-corrected chi connectivity index (χ1v) is 8.89. The minimum Gasteiger partial charge on any atom is -0.411 e. The van der Waals surface area contributed by atoms with Crippen LogP contribution in [0.3, 0.4) is 0 Å². The number of thioether (sulfide) groups is 1. The van der Waals surface area contributed by atoms with Crippen LogP contribution >= 0.6 is 11.8 Å². The number of anilines is 1. The Balaban J connectivity index is 1.59. The van der Waals surface area contributed by atoms with E-state index in [0.29, 0.717) is 11.1 Å². The van der Waals surface area contributed by atoms with E-state index in [2.05, 4.69) is 21.6 Å².